The van der Waals surface area contributed by atoms with E-state index in [2.05, 4.69) is 16.0 Å². The summed E-state index contributed by atoms with van der Waals surface area (Å²) in [5.74, 6) is -2.03. The second-order valence-corrected chi connectivity index (χ2v) is 13.9. The van der Waals surface area contributed by atoms with E-state index >= 15 is 0 Å². The molecule has 1 saturated heterocycles. The summed E-state index contributed by atoms with van der Waals surface area (Å²) >= 11 is 0. The zero-order chi connectivity index (χ0) is 35.3. The average Bonchev–Trinajstić information content (AvgIpc) is 3.76. The fourth-order valence-electron chi connectivity index (χ4n) is 6.99. The maximum atomic E-state index is 14.4. The minimum absolute atomic E-state index is 0.0415. The smallest absolute Gasteiger partial charge is 0.329 e. The Hall–Kier alpha value is -4.61. The molecule has 2 aromatic carbocycles. The van der Waals surface area contributed by atoms with E-state index in [1.54, 1.807) is 7.11 Å². The second kappa shape index (κ2) is 15.3. The van der Waals surface area contributed by atoms with Crippen LogP contribution in [-0.2, 0) is 24.0 Å². The van der Waals surface area contributed by atoms with Crippen LogP contribution in [0.4, 0.5) is 0 Å². The van der Waals surface area contributed by atoms with Crippen LogP contribution in [-0.4, -0.2) is 83.0 Å². The SMILES string of the molecule is COc1ccc(-c2ccccc2O[C@@H]2C[C@@H](C(=O)NC3(C(=O)O)CC3)N(C(=O)[C@@H](NC(=O)[C@@H](NC(C)=O)C3CCCCC3)C(C)C)C2)cc1. The largest absolute Gasteiger partial charge is 0.497 e. The molecule has 4 N–H and O–H groups in total. The summed E-state index contributed by atoms with van der Waals surface area (Å²) in [6.45, 7) is 5.04. The molecule has 49 heavy (non-hydrogen) atoms. The molecule has 264 valence electrons. The number of nitrogens with zero attached hydrogens (tertiary/aromatic N) is 1. The highest BCUT2D eigenvalue weighted by Gasteiger charge is 2.54. The van der Waals surface area contributed by atoms with Gasteiger partial charge in [-0.2, -0.15) is 0 Å². The number of hydrogen-bond donors (Lipinski definition) is 4. The summed E-state index contributed by atoms with van der Waals surface area (Å²) in [6.07, 6.45) is 4.74. The van der Waals surface area contributed by atoms with Gasteiger partial charge in [-0.15, -0.1) is 0 Å². The topological polar surface area (TPSA) is 163 Å². The van der Waals surface area contributed by atoms with Crippen molar-refractivity contribution < 1.29 is 38.6 Å². The molecule has 2 saturated carbocycles. The van der Waals surface area contributed by atoms with Crippen LogP contribution in [0.25, 0.3) is 11.1 Å². The third-order valence-corrected chi connectivity index (χ3v) is 9.94. The van der Waals surface area contributed by atoms with Gasteiger partial charge < -0.3 is 35.4 Å². The van der Waals surface area contributed by atoms with Crippen molar-refractivity contribution in [1.29, 1.82) is 0 Å². The van der Waals surface area contributed by atoms with Gasteiger partial charge in [0.1, 0.15) is 41.3 Å². The van der Waals surface area contributed by atoms with Crippen LogP contribution in [0, 0.1) is 11.8 Å². The lowest BCUT2D eigenvalue weighted by Gasteiger charge is -2.34. The van der Waals surface area contributed by atoms with Gasteiger partial charge in [0.15, 0.2) is 0 Å². The molecule has 3 aliphatic rings. The van der Waals surface area contributed by atoms with Crippen molar-refractivity contribution in [2.24, 2.45) is 11.8 Å². The van der Waals surface area contributed by atoms with Gasteiger partial charge in [0.2, 0.25) is 23.6 Å². The van der Waals surface area contributed by atoms with Gasteiger partial charge in [-0.1, -0.05) is 63.4 Å². The number of ether oxygens (including phenoxy) is 2. The number of rotatable bonds is 13. The van der Waals surface area contributed by atoms with E-state index in [1.165, 1.54) is 11.8 Å². The van der Waals surface area contributed by atoms with Crippen LogP contribution in [0.3, 0.4) is 0 Å². The van der Waals surface area contributed by atoms with E-state index < -0.39 is 53.5 Å². The van der Waals surface area contributed by atoms with Crippen molar-refractivity contribution in [3.05, 3.63) is 48.5 Å². The number of benzene rings is 2. The lowest BCUT2D eigenvalue weighted by atomic mass is 9.83. The molecule has 2 aliphatic carbocycles. The maximum Gasteiger partial charge on any atom is 0.329 e. The van der Waals surface area contributed by atoms with Gasteiger partial charge in [-0.25, -0.2) is 4.79 Å². The van der Waals surface area contributed by atoms with Gasteiger partial charge in [0.05, 0.1) is 13.7 Å². The third-order valence-electron chi connectivity index (χ3n) is 9.94. The van der Waals surface area contributed by atoms with E-state index in [9.17, 15) is 29.1 Å². The van der Waals surface area contributed by atoms with Crippen LogP contribution in [0.5, 0.6) is 11.5 Å². The summed E-state index contributed by atoms with van der Waals surface area (Å²) in [4.78, 5) is 67.3. The molecular weight excluding hydrogens is 628 g/mol. The fourth-order valence-corrected chi connectivity index (χ4v) is 6.99. The second-order valence-electron chi connectivity index (χ2n) is 13.9. The zero-order valence-electron chi connectivity index (χ0n) is 28.7. The molecular formula is C37H48N4O8. The first-order valence-electron chi connectivity index (χ1n) is 17.3. The minimum atomic E-state index is -1.34. The van der Waals surface area contributed by atoms with Crippen molar-refractivity contribution in [3.63, 3.8) is 0 Å². The number of hydrogen-bond acceptors (Lipinski definition) is 7. The molecule has 1 heterocycles. The number of carbonyl (C=O) groups is 5. The Labute approximate surface area is 287 Å². The van der Waals surface area contributed by atoms with Gasteiger partial charge >= 0.3 is 5.97 Å². The Morgan fingerprint density at radius 2 is 1.61 bits per heavy atom. The quantitative estimate of drug-likeness (QED) is 0.250. The van der Waals surface area contributed by atoms with Crippen molar-refractivity contribution in [2.75, 3.05) is 13.7 Å². The molecule has 4 atom stereocenters. The standard InChI is InChI=1S/C37H48N4O8/c1-22(2)31(39-34(44)32(38-23(3)42)25-10-6-5-7-11-25)35(45)41-21-27(20-29(41)33(43)40-37(18-19-37)36(46)47)49-30-13-9-8-12-28(30)24-14-16-26(48-4)17-15-24/h8-9,12-17,22,25,27,29,31-32H,5-7,10-11,18-21H2,1-4H3,(H,38,42)(H,39,44)(H,40,43)(H,46,47)/t27-,29+,31+,32+/m1/s1. The molecule has 0 radical (unpaired) electrons. The summed E-state index contributed by atoms with van der Waals surface area (Å²) in [5, 5.41) is 18.2. The number of carboxylic acids is 1. The number of carboxylic acid groups (broad SMARTS) is 1. The third kappa shape index (κ3) is 8.34. The maximum absolute atomic E-state index is 14.4. The number of aliphatic carboxylic acids is 1. The molecule has 12 heteroatoms. The summed E-state index contributed by atoms with van der Waals surface area (Å²) < 4.78 is 11.8. The summed E-state index contributed by atoms with van der Waals surface area (Å²) in [6, 6.07) is 12.2. The molecule has 0 aromatic heterocycles. The summed E-state index contributed by atoms with van der Waals surface area (Å²) in [5.41, 5.74) is 0.365. The first kappa shape index (κ1) is 35.7. The molecule has 5 rings (SSSR count). The van der Waals surface area contributed by atoms with Crippen molar-refractivity contribution in [3.8, 4) is 22.6 Å². The normalized spacial score (nSPS) is 21.3. The van der Waals surface area contributed by atoms with Crippen LogP contribution in [0.2, 0.25) is 0 Å². The number of para-hydroxylation sites is 1. The molecule has 0 bridgehead atoms. The van der Waals surface area contributed by atoms with Crippen molar-refractivity contribution in [1.82, 2.24) is 20.9 Å². The molecule has 4 amide bonds. The molecule has 3 fully saturated rings. The van der Waals surface area contributed by atoms with Crippen LogP contribution >= 0.6 is 0 Å². The van der Waals surface area contributed by atoms with Crippen molar-refractivity contribution >= 4 is 29.6 Å². The van der Waals surface area contributed by atoms with Gasteiger partial charge in [0, 0.05) is 18.9 Å². The minimum Gasteiger partial charge on any atom is -0.497 e. The fraction of sp³-hybridized carbons (Fsp3) is 0.541. The van der Waals surface area contributed by atoms with Gasteiger partial charge in [-0.05, 0) is 61.3 Å². The molecule has 2 aromatic rings. The Morgan fingerprint density at radius 1 is 0.939 bits per heavy atom. The Bertz CT molecular complexity index is 1530. The molecule has 0 unspecified atom stereocenters. The first-order valence-corrected chi connectivity index (χ1v) is 17.3. The lowest BCUT2D eigenvalue weighted by Crippen LogP contribution is -2.60. The average molecular weight is 677 g/mol. The Morgan fingerprint density at radius 3 is 2.20 bits per heavy atom. The Balaban J connectivity index is 1.39. The monoisotopic (exact) mass is 676 g/mol. The predicted molar refractivity (Wildman–Crippen MR) is 182 cm³/mol. The molecule has 12 nitrogen and oxygen atoms in total. The van der Waals surface area contributed by atoms with Crippen LogP contribution < -0.4 is 25.4 Å². The number of methoxy groups -OCH3 is 1. The van der Waals surface area contributed by atoms with E-state index in [4.69, 9.17) is 9.47 Å². The van der Waals surface area contributed by atoms with Crippen LogP contribution in [0.1, 0.15) is 72.1 Å². The zero-order valence-corrected chi connectivity index (χ0v) is 28.7. The number of likely N-dealkylation sites (tertiary alicyclic amines) is 1. The predicted octanol–water partition coefficient (Wildman–Crippen LogP) is 3.67. The van der Waals surface area contributed by atoms with Gasteiger partial charge in [-0.3, -0.25) is 19.2 Å². The number of amides is 4. The highest BCUT2D eigenvalue weighted by Crippen LogP contribution is 2.37. The highest BCUT2D eigenvalue weighted by molar-refractivity contribution is 5.97. The van der Waals surface area contributed by atoms with Crippen molar-refractivity contribution in [2.45, 2.75) is 102 Å². The van der Waals surface area contributed by atoms with E-state index in [0.29, 0.717) is 24.3 Å². The number of carbonyl (C=O) groups excluding carboxylic acids is 4. The van der Waals surface area contributed by atoms with E-state index in [0.717, 1.165) is 43.2 Å². The van der Waals surface area contributed by atoms with Gasteiger partial charge in [0.25, 0.3) is 0 Å². The highest BCUT2D eigenvalue weighted by atomic mass is 16.5. The van der Waals surface area contributed by atoms with E-state index in [1.807, 2.05) is 62.4 Å². The Kier molecular flexibility index (Phi) is 11.1. The van der Waals surface area contributed by atoms with E-state index in [-0.39, 0.29) is 30.7 Å². The first-order chi connectivity index (χ1) is 23.4. The molecule has 1 aliphatic heterocycles. The lowest BCUT2D eigenvalue weighted by molar-refractivity contribution is -0.146. The summed E-state index contributed by atoms with van der Waals surface area (Å²) in [7, 11) is 1.60. The molecule has 0 spiro atoms. The number of nitrogens with one attached hydrogen (secondary N) is 3. The van der Waals surface area contributed by atoms with Crippen LogP contribution in [0.15, 0.2) is 48.5 Å².